The lowest BCUT2D eigenvalue weighted by Crippen LogP contribution is -2.30. The number of thioether (sulfide) groups is 2. The lowest BCUT2D eigenvalue weighted by Gasteiger charge is -2.20. The molecule has 0 atom stereocenters. The number of fused-ring (bicyclic) bond motifs is 1. The highest BCUT2D eigenvalue weighted by Crippen LogP contribution is 2.35. The van der Waals surface area contributed by atoms with Crippen LogP contribution < -0.4 is 4.90 Å². The first-order valence-corrected chi connectivity index (χ1v) is 13.0. The molecule has 0 aliphatic carbocycles. The maximum Gasteiger partial charge on any atom is 0.229 e. The van der Waals surface area contributed by atoms with Gasteiger partial charge in [0.2, 0.25) is 5.91 Å². The second kappa shape index (κ2) is 10.3. The van der Waals surface area contributed by atoms with Gasteiger partial charge in [0.05, 0.1) is 16.8 Å². The molecular weight excluding hydrogens is 442 g/mol. The van der Waals surface area contributed by atoms with E-state index in [1.165, 1.54) is 10.5 Å². The summed E-state index contributed by atoms with van der Waals surface area (Å²) in [6.45, 7) is 2.55. The molecule has 0 aliphatic heterocycles. The fraction of sp³-hybridized carbons (Fsp3) is 0.208. The maximum absolute atomic E-state index is 13.3. The van der Waals surface area contributed by atoms with Crippen LogP contribution in [0.4, 0.5) is 5.13 Å². The topological polar surface area (TPSA) is 46.1 Å². The molecule has 158 valence electrons. The van der Waals surface area contributed by atoms with Crippen LogP contribution in [0.2, 0.25) is 0 Å². The molecule has 2 aromatic heterocycles. The van der Waals surface area contributed by atoms with E-state index in [2.05, 4.69) is 54.6 Å². The van der Waals surface area contributed by atoms with E-state index in [4.69, 9.17) is 4.98 Å². The predicted octanol–water partition coefficient (Wildman–Crippen LogP) is 6.44. The Bertz CT molecular complexity index is 1160. The van der Waals surface area contributed by atoms with Crippen molar-refractivity contribution in [1.82, 2.24) is 9.97 Å². The molecule has 0 fully saturated rings. The molecule has 31 heavy (non-hydrogen) atoms. The molecule has 2 aromatic carbocycles. The third-order valence-electron chi connectivity index (χ3n) is 4.79. The number of aryl methyl sites for hydroxylation is 1. The van der Waals surface area contributed by atoms with Crippen molar-refractivity contribution in [3.05, 3.63) is 78.1 Å². The maximum atomic E-state index is 13.3. The number of para-hydroxylation sites is 1. The van der Waals surface area contributed by atoms with E-state index in [9.17, 15) is 4.79 Å². The Labute approximate surface area is 195 Å². The molecule has 0 N–H and O–H groups in total. The molecule has 0 radical (unpaired) electrons. The van der Waals surface area contributed by atoms with Crippen LogP contribution in [-0.4, -0.2) is 27.9 Å². The number of hydrogen-bond acceptors (Lipinski definition) is 6. The molecule has 0 spiro atoms. The summed E-state index contributed by atoms with van der Waals surface area (Å²) in [6.07, 6.45) is 6.05. The number of thiazole rings is 1. The zero-order valence-corrected chi connectivity index (χ0v) is 19.9. The van der Waals surface area contributed by atoms with Crippen LogP contribution in [0.25, 0.3) is 10.2 Å². The van der Waals surface area contributed by atoms with Crippen LogP contribution in [0.5, 0.6) is 0 Å². The molecule has 0 saturated heterocycles. The number of carbonyl (C=O) groups is 1. The molecule has 4 aromatic rings. The van der Waals surface area contributed by atoms with Crippen LogP contribution >= 0.6 is 34.9 Å². The smallest absolute Gasteiger partial charge is 0.229 e. The van der Waals surface area contributed by atoms with Gasteiger partial charge in [0, 0.05) is 34.4 Å². The van der Waals surface area contributed by atoms with Crippen molar-refractivity contribution in [3.63, 3.8) is 0 Å². The summed E-state index contributed by atoms with van der Waals surface area (Å²) in [5.74, 6) is 0.806. The number of aromatic nitrogens is 2. The Morgan fingerprint density at radius 2 is 1.94 bits per heavy atom. The highest BCUT2D eigenvalue weighted by molar-refractivity contribution is 7.99. The Hall–Kier alpha value is -2.35. The van der Waals surface area contributed by atoms with Crippen LogP contribution in [-0.2, 0) is 11.3 Å². The molecule has 0 aliphatic rings. The number of benzene rings is 2. The number of carbonyl (C=O) groups excluding carboxylic acids is 1. The number of nitrogens with zero attached hydrogens (tertiary/aromatic N) is 3. The highest BCUT2D eigenvalue weighted by Gasteiger charge is 2.21. The summed E-state index contributed by atoms with van der Waals surface area (Å²) in [4.78, 5) is 26.5. The van der Waals surface area contributed by atoms with E-state index in [-0.39, 0.29) is 5.91 Å². The molecular formula is C24H23N3OS3. The van der Waals surface area contributed by atoms with Crippen molar-refractivity contribution in [2.45, 2.75) is 29.7 Å². The number of amides is 1. The quantitative estimate of drug-likeness (QED) is 0.280. The first-order valence-electron chi connectivity index (χ1n) is 9.96. The number of pyridine rings is 1. The first-order chi connectivity index (χ1) is 15.1. The standard InChI is InChI=1S/C24H23N3OS3/c1-17-8-10-19(11-9-17)30-14-12-22(28)27(16-18-5-4-13-25-15-18)24-26-23-20(29-2)6-3-7-21(23)31-24/h3-11,13,15H,12,14,16H2,1-2H3. The minimum atomic E-state index is 0.0771. The Kier molecular flexibility index (Phi) is 7.27. The first kappa shape index (κ1) is 21.9. The molecule has 0 bridgehead atoms. The van der Waals surface area contributed by atoms with Crippen molar-refractivity contribution in [1.29, 1.82) is 0 Å². The van der Waals surface area contributed by atoms with Gasteiger partial charge >= 0.3 is 0 Å². The van der Waals surface area contributed by atoms with Crippen LogP contribution in [0.15, 0.2) is 76.8 Å². The molecule has 0 saturated carbocycles. The van der Waals surface area contributed by atoms with Gasteiger partial charge in [-0.3, -0.25) is 14.7 Å². The van der Waals surface area contributed by atoms with E-state index in [0.29, 0.717) is 13.0 Å². The van der Waals surface area contributed by atoms with Crippen molar-refractivity contribution < 1.29 is 4.79 Å². The predicted molar refractivity (Wildman–Crippen MR) is 133 cm³/mol. The monoisotopic (exact) mass is 465 g/mol. The van der Waals surface area contributed by atoms with E-state index in [1.54, 1.807) is 41.1 Å². The van der Waals surface area contributed by atoms with Gasteiger partial charge in [0.25, 0.3) is 0 Å². The van der Waals surface area contributed by atoms with E-state index in [1.807, 2.05) is 29.3 Å². The van der Waals surface area contributed by atoms with Crippen molar-refractivity contribution in [2.75, 3.05) is 16.9 Å². The van der Waals surface area contributed by atoms with Gasteiger partial charge in [-0.15, -0.1) is 23.5 Å². The average molecular weight is 466 g/mol. The van der Waals surface area contributed by atoms with Gasteiger partial charge in [-0.1, -0.05) is 41.2 Å². The van der Waals surface area contributed by atoms with Gasteiger partial charge in [-0.25, -0.2) is 4.98 Å². The highest BCUT2D eigenvalue weighted by atomic mass is 32.2. The third kappa shape index (κ3) is 5.47. The van der Waals surface area contributed by atoms with Gasteiger partial charge in [0.15, 0.2) is 5.13 Å². The summed E-state index contributed by atoms with van der Waals surface area (Å²) < 4.78 is 1.10. The van der Waals surface area contributed by atoms with E-state index in [0.717, 1.165) is 31.6 Å². The van der Waals surface area contributed by atoms with Gasteiger partial charge in [-0.2, -0.15) is 0 Å². The van der Waals surface area contributed by atoms with Gasteiger partial charge in [-0.05, 0) is 49.1 Å². The van der Waals surface area contributed by atoms with E-state index < -0.39 is 0 Å². The van der Waals surface area contributed by atoms with Gasteiger partial charge in [0.1, 0.15) is 0 Å². The van der Waals surface area contributed by atoms with Crippen molar-refractivity contribution in [3.8, 4) is 0 Å². The molecule has 7 heteroatoms. The van der Waals surface area contributed by atoms with Crippen LogP contribution in [0.1, 0.15) is 17.5 Å². The van der Waals surface area contributed by atoms with Crippen molar-refractivity contribution in [2.24, 2.45) is 0 Å². The molecule has 1 amide bonds. The second-order valence-electron chi connectivity index (χ2n) is 7.06. The fourth-order valence-electron chi connectivity index (χ4n) is 3.15. The molecule has 2 heterocycles. The Morgan fingerprint density at radius 3 is 2.68 bits per heavy atom. The third-order valence-corrected chi connectivity index (χ3v) is 7.62. The molecule has 4 rings (SSSR count). The average Bonchev–Trinajstić information content (AvgIpc) is 3.23. The number of anilines is 1. The zero-order valence-electron chi connectivity index (χ0n) is 17.4. The zero-order chi connectivity index (χ0) is 21.6. The number of rotatable bonds is 8. The summed E-state index contributed by atoms with van der Waals surface area (Å²) in [5, 5.41) is 0.741. The van der Waals surface area contributed by atoms with Crippen LogP contribution in [0, 0.1) is 6.92 Å². The normalized spacial score (nSPS) is 11.0. The largest absolute Gasteiger partial charge is 0.284 e. The van der Waals surface area contributed by atoms with Crippen LogP contribution in [0.3, 0.4) is 0 Å². The number of hydrogen-bond donors (Lipinski definition) is 0. The summed E-state index contributed by atoms with van der Waals surface area (Å²) >= 11 is 4.95. The summed E-state index contributed by atoms with van der Waals surface area (Å²) in [7, 11) is 0. The lowest BCUT2D eigenvalue weighted by atomic mass is 10.2. The molecule has 0 unspecified atom stereocenters. The van der Waals surface area contributed by atoms with Gasteiger partial charge < -0.3 is 0 Å². The lowest BCUT2D eigenvalue weighted by molar-refractivity contribution is -0.118. The second-order valence-corrected chi connectivity index (χ2v) is 10.1. The van der Waals surface area contributed by atoms with E-state index >= 15 is 0 Å². The van der Waals surface area contributed by atoms with Crippen molar-refractivity contribution >= 4 is 56.1 Å². The minimum Gasteiger partial charge on any atom is -0.284 e. The summed E-state index contributed by atoms with van der Waals surface area (Å²) in [6, 6.07) is 18.5. The molecule has 4 nitrogen and oxygen atoms in total. The summed E-state index contributed by atoms with van der Waals surface area (Å²) in [5.41, 5.74) is 3.20. The fourth-order valence-corrected chi connectivity index (χ4v) is 5.63. The SMILES string of the molecule is CSc1cccc2sc(N(Cc3cccnc3)C(=O)CCSc3ccc(C)cc3)nc12. The Morgan fingerprint density at radius 1 is 1.10 bits per heavy atom. The Balaban J connectivity index is 1.55. The minimum absolute atomic E-state index is 0.0771.